The van der Waals surface area contributed by atoms with Crippen LogP contribution in [0.15, 0.2) is 77.8 Å². The smallest absolute Gasteiger partial charge is 0.410 e. The number of pyridine rings is 2. The molecule has 6 aliphatic rings. The largest absolute Gasteiger partial charge is 0.444 e. The number of carbonyl (C=O) groups is 3. The monoisotopic (exact) mass is 1280 g/mol. The number of benzene rings is 2. The van der Waals surface area contributed by atoms with Crippen LogP contribution in [0, 0.1) is 11.8 Å². The Balaban J connectivity index is 0.000000183. The Labute approximate surface area is 474 Å². The summed E-state index contributed by atoms with van der Waals surface area (Å²) in [5.74, 6) is 1.37. The number of fused-ring (bicyclic) bond motifs is 4. The van der Waals surface area contributed by atoms with E-state index in [9.17, 15) is 14.4 Å². The number of nitrogens with one attached hydrogen (secondary N) is 1. The van der Waals surface area contributed by atoms with Crippen LogP contribution in [-0.2, 0) is 40.0 Å². The standard InChI is InChI=1S/C31H36Br2ClN3O3.C26H28Br2ClN3O/c1-31(2,3)40-30(39)37-10-6-19(7-11-37)14-26(38)36-12-8-20(9-13-36)28-27-21(16-24(34)17-25(27)33)4-5-22-15-23(32)18-35-29(22)28;27-20-12-19-2-1-18-13-21(29)14-22(28)24(18)25(26(19)31-15-20)17-5-9-32(10-6-17)23(33)11-16-3-7-30-8-4-16/h15-19H,4-14H2,1-3H3;12-16,30H,1-11H2. The van der Waals surface area contributed by atoms with Gasteiger partial charge >= 0.3 is 6.09 Å². The maximum absolute atomic E-state index is 13.3. The normalized spacial score (nSPS) is 18.7. The van der Waals surface area contributed by atoms with Crippen molar-refractivity contribution in [3.8, 4) is 0 Å². The lowest BCUT2D eigenvalue weighted by Gasteiger charge is -2.35. The van der Waals surface area contributed by atoms with Gasteiger partial charge in [-0.05, 0) is 213 Å². The van der Waals surface area contributed by atoms with E-state index in [1.54, 1.807) is 4.90 Å². The van der Waals surface area contributed by atoms with Gasteiger partial charge in [-0.15, -0.1) is 0 Å². The average molecular weight is 1290 g/mol. The van der Waals surface area contributed by atoms with Gasteiger partial charge in [0.05, 0.1) is 11.4 Å². The summed E-state index contributed by atoms with van der Waals surface area (Å²) in [4.78, 5) is 54.3. The van der Waals surface area contributed by atoms with E-state index in [4.69, 9.17) is 37.9 Å². The average Bonchev–Trinajstić information content (AvgIpc) is 3.62. The zero-order valence-corrected chi connectivity index (χ0v) is 49.8. The van der Waals surface area contributed by atoms with Crippen LogP contribution in [0.1, 0.15) is 130 Å². The Kier molecular flexibility index (Phi) is 18.0. The number of rotatable bonds is 4. The van der Waals surface area contributed by atoms with E-state index in [-0.39, 0.29) is 12.0 Å². The van der Waals surface area contributed by atoms with Gasteiger partial charge in [0.2, 0.25) is 11.8 Å². The summed E-state index contributed by atoms with van der Waals surface area (Å²) in [7, 11) is 0. The van der Waals surface area contributed by atoms with Crippen molar-refractivity contribution < 1.29 is 19.1 Å². The molecule has 2 aromatic carbocycles. The minimum Gasteiger partial charge on any atom is -0.444 e. The van der Waals surface area contributed by atoms with Crippen molar-refractivity contribution in [2.24, 2.45) is 11.8 Å². The number of halogens is 6. The Hall–Kier alpha value is -3.11. The van der Waals surface area contributed by atoms with Gasteiger partial charge < -0.3 is 24.8 Å². The van der Waals surface area contributed by atoms with Gasteiger partial charge in [-0.3, -0.25) is 19.6 Å². The first-order valence-corrected chi connectivity index (χ1v) is 29.8. The van der Waals surface area contributed by atoms with Gasteiger partial charge in [0, 0.05) is 115 Å². The minimum atomic E-state index is -0.497. The minimum absolute atomic E-state index is 0.219. The fourth-order valence-electron chi connectivity index (χ4n) is 11.5. The fraction of sp³-hybridized carbons (Fsp3) is 0.491. The van der Waals surface area contributed by atoms with Crippen LogP contribution < -0.4 is 5.32 Å². The molecule has 6 heterocycles. The number of carbonyl (C=O) groups excluding carboxylic acids is 3. The van der Waals surface area contributed by atoms with Crippen molar-refractivity contribution in [3.63, 3.8) is 0 Å². The molecular weight excluding hydrogens is 1220 g/mol. The highest BCUT2D eigenvalue weighted by Gasteiger charge is 2.33. The highest BCUT2D eigenvalue weighted by molar-refractivity contribution is 9.11. The Morgan fingerprint density at radius 2 is 0.986 bits per heavy atom. The summed E-state index contributed by atoms with van der Waals surface area (Å²) in [5.41, 5.74) is 14.2. The van der Waals surface area contributed by atoms with Crippen molar-refractivity contribution in [1.29, 1.82) is 0 Å². The Morgan fingerprint density at radius 3 is 1.41 bits per heavy atom. The van der Waals surface area contributed by atoms with Gasteiger partial charge in [-0.1, -0.05) is 66.2 Å². The van der Waals surface area contributed by atoms with Gasteiger partial charge in [0.25, 0.3) is 0 Å². The molecule has 10 nitrogen and oxygen atoms in total. The van der Waals surface area contributed by atoms with Crippen LogP contribution in [0.3, 0.4) is 0 Å². The van der Waals surface area contributed by atoms with Crippen LogP contribution in [0.2, 0.25) is 10.0 Å². The zero-order chi connectivity index (χ0) is 51.6. The number of nitrogens with zero attached hydrogens (tertiary/aromatic N) is 5. The molecule has 4 aromatic rings. The van der Waals surface area contributed by atoms with Crippen LogP contribution in [0.5, 0.6) is 0 Å². The van der Waals surface area contributed by atoms with E-state index in [2.05, 4.69) is 98.2 Å². The van der Waals surface area contributed by atoms with Crippen LogP contribution in [0.4, 0.5) is 4.79 Å². The predicted molar refractivity (Wildman–Crippen MR) is 306 cm³/mol. The number of amides is 3. The van der Waals surface area contributed by atoms with E-state index >= 15 is 0 Å². The van der Waals surface area contributed by atoms with Crippen molar-refractivity contribution in [3.05, 3.63) is 133 Å². The fourth-order valence-corrected chi connectivity index (χ4v) is 14.4. The van der Waals surface area contributed by atoms with Crippen LogP contribution >= 0.6 is 86.9 Å². The first kappa shape index (κ1) is 54.7. The quantitative estimate of drug-likeness (QED) is 0.217. The molecule has 4 aliphatic heterocycles. The van der Waals surface area contributed by atoms with Crippen LogP contribution in [-0.4, -0.2) is 101 Å². The summed E-state index contributed by atoms with van der Waals surface area (Å²) < 4.78 is 9.51. The lowest BCUT2D eigenvalue weighted by molar-refractivity contribution is -0.133. The third-order valence-corrected chi connectivity index (χ3v) is 17.8. The van der Waals surface area contributed by atoms with Crippen molar-refractivity contribution in [2.45, 2.75) is 116 Å². The van der Waals surface area contributed by atoms with E-state index in [0.717, 1.165) is 143 Å². The highest BCUT2D eigenvalue weighted by atomic mass is 79.9. The summed E-state index contributed by atoms with van der Waals surface area (Å²) in [5, 5.41) is 4.87. The SMILES string of the molecule is CC(C)(C)OC(=O)N1CCC(CC(=O)N2CCC(=C3c4ncc(Br)cc4CCc4cc(Cl)cc(Br)c43)CC2)CC1.O=C(CC1CCNCC1)N1CCC(=C2c3ncc(Br)cc3CCc3cc(Cl)cc(Br)c32)CC1. The molecule has 0 bridgehead atoms. The molecule has 0 unspecified atom stereocenters. The van der Waals surface area contributed by atoms with Gasteiger partial charge in [0.1, 0.15) is 5.60 Å². The molecular formula is C57H64Br4Cl2N6O4. The number of ether oxygens (including phenoxy) is 1. The van der Waals surface area contributed by atoms with Gasteiger partial charge in [0.15, 0.2) is 0 Å². The number of piperidine rings is 4. The molecule has 3 amide bonds. The topological polar surface area (TPSA) is 108 Å². The molecule has 4 fully saturated rings. The summed E-state index contributed by atoms with van der Waals surface area (Å²) >= 11 is 27.7. The first-order valence-electron chi connectivity index (χ1n) is 25.9. The zero-order valence-electron chi connectivity index (χ0n) is 42.0. The molecule has 0 atom stereocenters. The number of hydrogen-bond donors (Lipinski definition) is 1. The molecule has 2 aromatic heterocycles. The maximum Gasteiger partial charge on any atom is 0.410 e. The second-order valence-corrected chi connectivity index (χ2v) is 25.8. The summed E-state index contributed by atoms with van der Waals surface area (Å²) in [6.45, 7) is 12.0. The van der Waals surface area contributed by atoms with E-state index < -0.39 is 5.60 Å². The number of aromatic nitrogens is 2. The number of aryl methyl sites for hydroxylation is 4. The second kappa shape index (κ2) is 24.1. The van der Waals surface area contributed by atoms with Crippen molar-refractivity contribution in [1.82, 2.24) is 30.0 Å². The molecule has 0 saturated carbocycles. The molecule has 10 rings (SSSR count). The molecule has 0 radical (unpaired) electrons. The maximum atomic E-state index is 13.3. The molecule has 4 saturated heterocycles. The molecule has 388 valence electrons. The number of hydrogen-bond acceptors (Lipinski definition) is 7. The molecule has 0 spiro atoms. The lowest BCUT2D eigenvalue weighted by Crippen LogP contribution is -2.43. The lowest BCUT2D eigenvalue weighted by atomic mass is 9.88. The van der Waals surface area contributed by atoms with E-state index in [1.165, 1.54) is 55.7 Å². The van der Waals surface area contributed by atoms with E-state index in [1.807, 2.05) is 50.2 Å². The highest BCUT2D eigenvalue weighted by Crippen LogP contribution is 2.45. The molecule has 2 aliphatic carbocycles. The Bertz CT molecular complexity index is 2820. The van der Waals surface area contributed by atoms with Gasteiger partial charge in [-0.25, -0.2) is 4.79 Å². The Morgan fingerprint density at radius 1 is 0.575 bits per heavy atom. The second-order valence-electron chi connectivity index (χ2n) is 21.4. The molecule has 16 heteroatoms. The molecule has 1 N–H and O–H groups in total. The number of likely N-dealkylation sites (tertiary alicyclic amines) is 3. The summed E-state index contributed by atoms with van der Waals surface area (Å²) in [6.07, 6.45) is 15.7. The third-order valence-electron chi connectivity index (χ3n) is 15.2. The molecule has 73 heavy (non-hydrogen) atoms. The first-order chi connectivity index (χ1) is 35.0. The van der Waals surface area contributed by atoms with E-state index in [0.29, 0.717) is 56.8 Å². The summed E-state index contributed by atoms with van der Waals surface area (Å²) in [6, 6.07) is 12.5. The third kappa shape index (κ3) is 13.4. The van der Waals surface area contributed by atoms with Crippen molar-refractivity contribution in [2.75, 3.05) is 52.4 Å². The van der Waals surface area contributed by atoms with Crippen molar-refractivity contribution >= 4 is 116 Å². The van der Waals surface area contributed by atoms with Crippen LogP contribution in [0.25, 0.3) is 11.1 Å². The predicted octanol–water partition coefficient (Wildman–Crippen LogP) is 14.0. The van der Waals surface area contributed by atoms with Gasteiger partial charge in [-0.2, -0.15) is 0 Å².